The van der Waals surface area contributed by atoms with Gasteiger partial charge < -0.3 is 10.7 Å². The Hall–Kier alpha value is -3.93. The highest BCUT2D eigenvalue weighted by Gasteiger charge is 2.36. The lowest BCUT2D eigenvalue weighted by Crippen LogP contribution is -2.29. The normalized spacial score (nSPS) is 13.4. The lowest BCUT2D eigenvalue weighted by molar-refractivity contribution is 0.0926. The maximum atomic E-state index is 12.7. The number of para-hydroxylation sites is 2. The Morgan fingerprint density at radius 3 is 2.37 bits per heavy atom. The average Bonchev–Trinajstić information content (AvgIpc) is 3.22. The van der Waals surface area contributed by atoms with E-state index in [0.29, 0.717) is 22.5 Å². The Morgan fingerprint density at radius 1 is 0.852 bits per heavy atom. The summed E-state index contributed by atoms with van der Waals surface area (Å²) in [5.41, 5.74) is 10.1. The Balaban J connectivity index is 1.50. The second-order valence-corrected chi connectivity index (χ2v) is 6.40. The van der Waals surface area contributed by atoms with Crippen LogP contribution in [-0.4, -0.2) is 21.8 Å². The molecule has 0 aliphatic carbocycles. The van der Waals surface area contributed by atoms with Gasteiger partial charge in [-0.25, -0.2) is 9.88 Å². The van der Waals surface area contributed by atoms with Crippen LogP contribution in [0.4, 0.5) is 11.4 Å². The lowest BCUT2D eigenvalue weighted by atomic mass is 10.1. The quantitative estimate of drug-likeness (QED) is 0.425. The number of fused-ring (bicyclic) bond motifs is 2. The fraction of sp³-hybridized carbons (Fsp3) is 0. The molecule has 0 saturated carbocycles. The van der Waals surface area contributed by atoms with E-state index >= 15 is 0 Å². The molecular weight excluding hydrogens is 340 g/mol. The van der Waals surface area contributed by atoms with Crippen LogP contribution in [0.1, 0.15) is 20.7 Å². The van der Waals surface area contributed by atoms with Crippen molar-refractivity contribution < 1.29 is 9.59 Å². The number of H-pyrrole nitrogens is 1. The molecule has 0 fully saturated rings. The van der Waals surface area contributed by atoms with Crippen LogP contribution in [0.2, 0.25) is 0 Å². The number of aromatic amines is 1. The molecule has 0 saturated heterocycles. The van der Waals surface area contributed by atoms with Crippen molar-refractivity contribution >= 4 is 34.2 Å². The summed E-state index contributed by atoms with van der Waals surface area (Å²) in [6.45, 7) is 0. The molecule has 1 aliphatic rings. The van der Waals surface area contributed by atoms with Gasteiger partial charge in [-0.05, 0) is 54.6 Å². The molecule has 3 aromatic carbocycles. The zero-order valence-electron chi connectivity index (χ0n) is 14.1. The SMILES string of the molecule is Nc1ccc2c(c1)C(=O)N(c1ccc(-c3nc4ccccc4[nH]3)cc1)C2=O. The molecule has 2 amide bonds. The van der Waals surface area contributed by atoms with Gasteiger partial charge in [0.25, 0.3) is 11.8 Å². The van der Waals surface area contributed by atoms with E-state index in [1.807, 2.05) is 36.4 Å². The number of nitrogens with two attached hydrogens (primary N) is 1. The van der Waals surface area contributed by atoms with E-state index in [2.05, 4.69) is 9.97 Å². The van der Waals surface area contributed by atoms with Crippen molar-refractivity contribution in [1.29, 1.82) is 0 Å². The molecule has 3 N–H and O–H groups in total. The predicted molar refractivity (Wildman–Crippen MR) is 104 cm³/mol. The molecule has 0 atom stereocenters. The third kappa shape index (κ3) is 2.31. The van der Waals surface area contributed by atoms with Crippen molar-refractivity contribution in [3.05, 3.63) is 77.9 Å². The van der Waals surface area contributed by atoms with Crippen molar-refractivity contribution in [2.24, 2.45) is 0 Å². The van der Waals surface area contributed by atoms with Gasteiger partial charge >= 0.3 is 0 Å². The monoisotopic (exact) mass is 354 g/mol. The number of anilines is 2. The predicted octanol–water partition coefficient (Wildman–Crippen LogP) is 3.61. The van der Waals surface area contributed by atoms with Crippen LogP contribution in [0.25, 0.3) is 22.4 Å². The minimum Gasteiger partial charge on any atom is -0.399 e. The number of hydrogen-bond donors (Lipinski definition) is 2. The standard InChI is InChI=1S/C21H14N4O2/c22-13-7-10-15-16(11-13)21(27)25(20(15)26)14-8-5-12(6-9-14)19-23-17-3-1-2-4-18(17)24-19/h1-11H,22H2,(H,23,24). The van der Waals surface area contributed by atoms with Gasteiger partial charge in [-0.15, -0.1) is 0 Å². The molecule has 130 valence electrons. The number of hydrogen-bond acceptors (Lipinski definition) is 4. The fourth-order valence-electron chi connectivity index (χ4n) is 3.35. The molecule has 1 aromatic heterocycles. The first-order valence-corrected chi connectivity index (χ1v) is 8.45. The van der Waals surface area contributed by atoms with Crippen LogP contribution >= 0.6 is 0 Å². The van der Waals surface area contributed by atoms with Gasteiger partial charge in [0, 0.05) is 11.3 Å². The molecule has 2 heterocycles. The molecule has 0 bridgehead atoms. The zero-order valence-corrected chi connectivity index (χ0v) is 14.1. The minimum atomic E-state index is -0.362. The van der Waals surface area contributed by atoms with Crippen molar-refractivity contribution in [2.75, 3.05) is 10.6 Å². The number of rotatable bonds is 2. The van der Waals surface area contributed by atoms with Gasteiger partial charge in [0.15, 0.2) is 0 Å². The van der Waals surface area contributed by atoms with Crippen LogP contribution in [0.5, 0.6) is 0 Å². The van der Waals surface area contributed by atoms with E-state index in [1.165, 1.54) is 4.90 Å². The third-order valence-electron chi connectivity index (χ3n) is 4.70. The molecule has 27 heavy (non-hydrogen) atoms. The molecule has 6 heteroatoms. The summed E-state index contributed by atoms with van der Waals surface area (Å²) in [5, 5.41) is 0. The number of aromatic nitrogens is 2. The smallest absolute Gasteiger partial charge is 0.266 e. The number of carbonyl (C=O) groups excluding carboxylic acids is 2. The Morgan fingerprint density at radius 2 is 1.59 bits per heavy atom. The summed E-state index contributed by atoms with van der Waals surface area (Å²) in [5.74, 6) is 0.0307. The third-order valence-corrected chi connectivity index (χ3v) is 4.70. The van der Waals surface area contributed by atoms with Gasteiger partial charge in [0.05, 0.1) is 27.8 Å². The molecule has 6 nitrogen and oxygen atoms in total. The van der Waals surface area contributed by atoms with Crippen molar-refractivity contribution in [3.8, 4) is 11.4 Å². The maximum Gasteiger partial charge on any atom is 0.266 e. The van der Waals surface area contributed by atoms with Crippen LogP contribution in [0, 0.1) is 0 Å². The van der Waals surface area contributed by atoms with Gasteiger partial charge in [-0.1, -0.05) is 12.1 Å². The fourth-order valence-corrected chi connectivity index (χ4v) is 3.35. The van der Waals surface area contributed by atoms with Crippen LogP contribution < -0.4 is 10.6 Å². The molecule has 5 rings (SSSR count). The number of imidazole rings is 1. The minimum absolute atomic E-state index is 0.335. The lowest BCUT2D eigenvalue weighted by Gasteiger charge is -2.14. The van der Waals surface area contributed by atoms with Crippen molar-refractivity contribution in [1.82, 2.24) is 9.97 Å². The molecule has 0 spiro atoms. The van der Waals surface area contributed by atoms with Crippen molar-refractivity contribution in [3.63, 3.8) is 0 Å². The van der Waals surface area contributed by atoms with Crippen LogP contribution in [0.15, 0.2) is 66.7 Å². The van der Waals surface area contributed by atoms with Crippen LogP contribution in [-0.2, 0) is 0 Å². The summed E-state index contributed by atoms with van der Waals surface area (Å²) in [6, 6.07) is 19.7. The van der Waals surface area contributed by atoms with E-state index in [-0.39, 0.29) is 11.8 Å². The van der Waals surface area contributed by atoms with E-state index in [9.17, 15) is 9.59 Å². The second-order valence-electron chi connectivity index (χ2n) is 6.40. The summed E-state index contributed by atoms with van der Waals surface area (Å²) in [4.78, 5) is 34.3. The highest BCUT2D eigenvalue weighted by Crippen LogP contribution is 2.31. The largest absolute Gasteiger partial charge is 0.399 e. The van der Waals surface area contributed by atoms with Crippen LogP contribution in [0.3, 0.4) is 0 Å². The summed E-state index contributed by atoms with van der Waals surface area (Å²) in [7, 11) is 0. The van der Waals surface area contributed by atoms with E-state index < -0.39 is 0 Å². The molecule has 0 radical (unpaired) electrons. The summed E-state index contributed by atoms with van der Waals surface area (Å²) >= 11 is 0. The number of amides is 2. The second kappa shape index (κ2) is 5.54. The number of nitrogens with zero attached hydrogens (tertiary/aromatic N) is 2. The Labute approximate surface area is 154 Å². The summed E-state index contributed by atoms with van der Waals surface area (Å²) in [6.07, 6.45) is 0. The highest BCUT2D eigenvalue weighted by atomic mass is 16.2. The molecular formula is C21H14N4O2. The zero-order chi connectivity index (χ0) is 18.5. The van der Waals surface area contributed by atoms with Gasteiger partial charge in [-0.3, -0.25) is 9.59 Å². The first kappa shape index (κ1) is 15.3. The number of nitrogen functional groups attached to an aromatic ring is 1. The average molecular weight is 354 g/mol. The molecule has 4 aromatic rings. The number of imide groups is 1. The topological polar surface area (TPSA) is 92.1 Å². The van der Waals surface area contributed by atoms with E-state index in [1.54, 1.807) is 30.3 Å². The van der Waals surface area contributed by atoms with E-state index in [0.717, 1.165) is 22.4 Å². The van der Waals surface area contributed by atoms with Crippen molar-refractivity contribution in [2.45, 2.75) is 0 Å². The molecule has 0 unspecified atom stereocenters. The van der Waals surface area contributed by atoms with Gasteiger partial charge in [0.1, 0.15) is 5.82 Å². The van der Waals surface area contributed by atoms with E-state index in [4.69, 9.17) is 5.73 Å². The number of nitrogens with one attached hydrogen (secondary N) is 1. The summed E-state index contributed by atoms with van der Waals surface area (Å²) < 4.78 is 0. The van der Waals surface area contributed by atoms with Gasteiger partial charge in [-0.2, -0.15) is 0 Å². The first-order valence-electron chi connectivity index (χ1n) is 8.45. The first-order chi connectivity index (χ1) is 13.1. The molecule has 1 aliphatic heterocycles. The highest BCUT2D eigenvalue weighted by molar-refractivity contribution is 6.34. The Bertz CT molecular complexity index is 1190. The Kier molecular flexibility index (Phi) is 3.14. The number of carbonyl (C=O) groups is 2. The van der Waals surface area contributed by atoms with Gasteiger partial charge in [0.2, 0.25) is 0 Å². The maximum absolute atomic E-state index is 12.7. The number of benzene rings is 3.